The monoisotopic (exact) mass is 482 g/mol. The Labute approximate surface area is 200 Å². The molecular formula is C25H23ClN2O4S. The van der Waals surface area contributed by atoms with Gasteiger partial charge in [0.25, 0.3) is 5.56 Å². The summed E-state index contributed by atoms with van der Waals surface area (Å²) in [4.78, 5) is 31.6. The summed E-state index contributed by atoms with van der Waals surface area (Å²) in [6.45, 7) is 6.19. The zero-order chi connectivity index (χ0) is 23.5. The number of esters is 1. The molecule has 8 heteroatoms. The molecule has 0 saturated carbocycles. The zero-order valence-corrected chi connectivity index (χ0v) is 20.1. The highest BCUT2D eigenvalue weighted by Gasteiger charge is 2.33. The Hall–Kier alpha value is -3.16. The van der Waals surface area contributed by atoms with E-state index in [1.54, 1.807) is 30.6 Å². The fraction of sp³-hybridized carbons (Fsp3) is 0.240. The molecule has 0 unspecified atom stereocenters. The molecule has 0 fully saturated rings. The smallest absolute Gasteiger partial charge is 0.338 e. The van der Waals surface area contributed by atoms with Crippen LogP contribution in [0.15, 0.2) is 69.6 Å². The van der Waals surface area contributed by atoms with Crippen LogP contribution in [0.1, 0.15) is 37.9 Å². The molecule has 2 heterocycles. The summed E-state index contributed by atoms with van der Waals surface area (Å²) >= 11 is 7.57. The van der Waals surface area contributed by atoms with Gasteiger partial charge in [0, 0.05) is 5.02 Å². The molecule has 170 valence electrons. The van der Waals surface area contributed by atoms with Crippen LogP contribution < -0.4 is 19.6 Å². The Bertz CT molecular complexity index is 1400. The number of halogens is 1. The molecule has 1 aromatic heterocycles. The van der Waals surface area contributed by atoms with Gasteiger partial charge in [0.2, 0.25) is 0 Å². The normalized spacial score (nSPS) is 15.8. The minimum absolute atomic E-state index is 0.225. The van der Waals surface area contributed by atoms with Crippen molar-refractivity contribution in [2.24, 2.45) is 4.99 Å². The Kier molecular flexibility index (Phi) is 6.81. The van der Waals surface area contributed by atoms with Gasteiger partial charge in [-0.15, -0.1) is 0 Å². The van der Waals surface area contributed by atoms with E-state index in [2.05, 4.69) is 4.99 Å². The number of thiazole rings is 1. The largest absolute Gasteiger partial charge is 0.494 e. The predicted molar refractivity (Wildman–Crippen MR) is 129 cm³/mol. The van der Waals surface area contributed by atoms with Gasteiger partial charge in [-0.3, -0.25) is 9.36 Å². The van der Waals surface area contributed by atoms with Gasteiger partial charge in [-0.25, -0.2) is 9.79 Å². The van der Waals surface area contributed by atoms with Crippen molar-refractivity contribution in [1.29, 1.82) is 0 Å². The average Bonchev–Trinajstić information content (AvgIpc) is 3.10. The van der Waals surface area contributed by atoms with Crippen molar-refractivity contribution in [3.8, 4) is 5.75 Å². The van der Waals surface area contributed by atoms with Crippen molar-refractivity contribution in [1.82, 2.24) is 4.57 Å². The maximum atomic E-state index is 13.6. The second-order valence-electron chi connectivity index (χ2n) is 7.33. The summed E-state index contributed by atoms with van der Waals surface area (Å²) in [5, 5.41) is 0.551. The molecule has 33 heavy (non-hydrogen) atoms. The van der Waals surface area contributed by atoms with Crippen molar-refractivity contribution in [3.63, 3.8) is 0 Å². The molecule has 4 rings (SSSR count). The highest BCUT2D eigenvalue weighted by atomic mass is 35.5. The molecule has 3 aromatic rings. The third kappa shape index (κ3) is 4.51. The Balaban J connectivity index is 1.93. The number of benzene rings is 2. The summed E-state index contributed by atoms with van der Waals surface area (Å²) in [5.41, 5.74) is 2.13. The topological polar surface area (TPSA) is 69.9 Å². The second kappa shape index (κ2) is 9.77. The molecule has 0 N–H and O–H groups in total. The molecule has 0 radical (unpaired) electrons. The number of rotatable bonds is 6. The van der Waals surface area contributed by atoms with Crippen LogP contribution >= 0.6 is 22.9 Å². The molecule has 1 aliphatic rings. The number of carbonyl (C=O) groups is 1. The summed E-state index contributed by atoms with van der Waals surface area (Å²) in [6, 6.07) is 14.0. The lowest BCUT2D eigenvalue weighted by atomic mass is 9.96. The summed E-state index contributed by atoms with van der Waals surface area (Å²) in [7, 11) is 0. The first kappa shape index (κ1) is 23.0. The van der Waals surface area contributed by atoms with E-state index in [1.165, 1.54) is 11.3 Å². The van der Waals surface area contributed by atoms with E-state index in [4.69, 9.17) is 21.1 Å². The highest BCUT2D eigenvalue weighted by Crippen LogP contribution is 2.31. The van der Waals surface area contributed by atoms with Crippen molar-refractivity contribution >= 4 is 35.0 Å². The number of fused-ring (bicyclic) bond motifs is 1. The average molecular weight is 483 g/mol. The third-order valence-corrected chi connectivity index (χ3v) is 6.54. The number of carbonyl (C=O) groups excluding carboxylic acids is 1. The van der Waals surface area contributed by atoms with Crippen molar-refractivity contribution in [3.05, 3.63) is 95.6 Å². The van der Waals surface area contributed by atoms with Crippen LogP contribution in [0.25, 0.3) is 6.08 Å². The Morgan fingerprint density at radius 2 is 1.88 bits per heavy atom. The van der Waals surface area contributed by atoms with Gasteiger partial charge in [-0.2, -0.15) is 0 Å². The molecule has 1 atom stereocenters. The summed E-state index contributed by atoms with van der Waals surface area (Å²) in [6.07, 6.45) is 1.75. The zero-order valence-electron chi connectivity index (χ0n) is 18.5. The summed E-state index contributed by atoms with van der Waals surface area (Å²) < 4.78 is 12.9. The van der Waals surface area contributed by atoms with Crippen LogP contribution in [0, 0.1) is 0 Å². The van der Waals surface area contributed by atoms with Gasteiger partial charge >= 0.3 is 5.97 Å². The standard InChI is InChI=1S/C25H23ClN2O4S/c1-4-31-18-12-10-16(11-13-18)22-21(24(30)32-5-2)15(3)27-25-28(22)23(29)20(33-25)14-17-8-6-7-9-19(17)26/h6-14,22H,4-5H2,1-3H3/b20-14-/t22-/m0/s1. The maximum Gasteiger partial charge on any atom is 0.338 e. The van der Waals surface area contributed by atoms with E-state index in [1.807, 2.05) is 49.4 Å². The Morgan fingerprint density at radius 3 is 2.55 bits per heavy atom. The third-order valence-electron chi connectivity index (χ3n) is 5.22. The number of aromatic nitrogens is 1. The molecule has 2 aromatic carbocycles. The lowest BCUT2D eigenvalue weighted by Crippen LogP contribution is -2.39. The van der Waals surface area contributed by atoms with E-state index in [0.717, 1.165) is 11.1 Å². The summed E-state index contributed by atoms with van der Waals surface area (Å²) in [5.74, 6) is 0.226. The predicted octanol–water partition coefficient (Wildman–Crippen LogP) is 3.85. The molecule has 0 amide bonds. The fourth-order valence-corrected chi connectivity index (χ4v) is 4.98. The molecule has 0 spiro atoms. The van der Waals surface area contributed by atoms with Crippen LogP contribution in [0.3, 0.4) is 0 Å². The van der Waals surface area contributed by atoms with Crippen LogP contribution in [-0.2, 0) is 9.53 Å². The van der Waals surface area contributed by atoms with Crippen molar-refractivity contribution in [2.45, 2.75) is 26.8 Å². The van der Waals surface area contributed by atoms with E-state index >= 15 is 0 Å². The number of hydrogen-bond acceptors (Lipinski definition) is 6. The SMILES string of the molecule is CCOC(=O)C1=C(C)N=c2s/c(=C\c3ccccc3Cl)c(=O)n2[C@H]1c1ccc(OCC)cc1. The number of ether oxygens (including phenoxy) is 2. The van der Waals surface area contributed by atoms with E-state index in [9.17, 15) is 9.59 Å². The number of nitrogens with zero attached hydrogens (tertiary/aromatic N) is 2. The lowest BCUT2D eigenvalue weighted by Gasteiger charge is -2.24. The fourth-order valence-electron chi connectivity index (χ4n) is 3.75. The van der Waals surface area contributed by atoms with Gasteiger partial charge in [-0.05, 0) is 56.2 Å². The quantitative estimate of drug-likeness (QED) is 0.500. The first-order valence-corrected chi connectivity index (χ1v) is 11.8. The van der Waals surface area contributed by atoms with Gasteiger partial charge in [-0.1, -0.05) is 53.3 Å². The highest BCUT2D eigenvalue weighted by molar-refractivity contribution is 7.07. The van der Waals surface area contributed by atoms with Crippen LogP contribution in [0.4, 0.5) is 0 Å². The minimum Gasteiger partial charge on any atom is -0.494 e. The molecule has 0 bridgehead atoms. The van der Waals surface area contributed by atoms with Gasteiger partial charge in [0.1, 0.15) is 5.75 Å². The molecule has 0 aliphatic carbocycles. The van der Waals surface area contributed by atoms with Gasteiger partial charge in [0.15, 0.2) is 4.80 Å². The lowest BCUT2D eigenvalue weighted by molar-refractivity contribution is -0.139. The molecule has 6 nitrogen and oxygen atoms in total. The van der Waals surface area contributed by atoms with Crippen LogP contribution in [0.5, 0.6) is 5.75 Å². The first-order valence-electron chi connectivity index (χ1n) is 10.6. The second-order valence-corrected chi connectivity index (χ2v) is 8.74. The van der Waals surface area contributed by atoms with Crippen LogP contribution in [0.2, 0.25) is 5.02 Å². The van der Waals surface area contributed by atoms with Crippen molar-refractivity contribution < 1.29 is 14.3 Å². The van der Waals surface area contributed by atoms with Gasteiger partial charge in [0.05, 0.1) is 35.1 Å². The first-order chi connectivity index (χ1) is 15.9. The molecular weight excluding hydrogens is 460 g/mol. The molecule has 0 saturated heterocycles. The van der Waals surface area contributed by atoms with Gasteiger partial charge < -0.3 is 9.47 Å². The number of allylic oxidation sites excluding steroid dienone is 1. The Morgan fingerprint density at radius 1 is 1.15 bits per heavy atom. The van der Waals surface area contributed by atoms with Crippen molar-refractivity contribution in [2.75, 3.05) is 13.2 Å². The molecule has 1 aliphatic heterocycles. The maximum absolute atomic E-state index is 13.6. The van der Waals surface area contributed by atoms with E-state index in [0.29, 0.717) is 38.0 Å². The van der Waals surface area contributed by atoms with E-state index in [-0.39, 0.29) is 12.2 Å². The minimum atomic E-state index is -0.663. The number of hydrogen-bond donors (Lipinski definition) is 0. The van der Waals surface area contributed by atoms with Crippen LogP contribution in [-0.4, -0.2) is 23.8 Å². The van der Waals surface area contributed by atoms with E-state index < -0.39 is 12.0 Å².